The van der Waals surface area contributed by atoms with Crippen LogP contribution in [-0.4, -0.2) is 24.7 Å². The number of rotatable bonds is 6. The van der Waals surface area contributed by atoms with Crippen molar-refractivity contribution in [2.45, 2.75) is 17.9 Å². The van der Waals surface area contributed by atoms with E-state index < -0.39 is 15.8 Å². The van der Waals surface area contributed by atoms with Gasteiger partial charge in [-0.15, -0.1) is 0 Å². The van der Waals surface area contributed by atoms with Crippen molar-refractivity contribution in [1.29, 1.82) is 0 Å². The largest absolute Gasteiger partial charge is 0.272 e. The van der Waals surface area contributed by atoms with Gasteiger partial charge in [0.05, 0.1) is 15.6 Å². The van der Waals surface area contributed by atoms with Crippen molar-refractivity contribution in [3.05, 3.63) is 46.9 Å². The second-order valence-corrected chi connectivity index (χ2v) is 6.81. The molecule has 1 heterocycles. The van der Waals surface area contributed by atoms with E-state index in [0.717, 1.165) is 16.6 Å². The molecule has 108 valence electrons. The fourth-order valence-electron chi connectivity index (χ4n) is 1.61. The molecule has 1 aromatic heterocycles. The number of halogens is 2. The maximum atomic E-state index is 12.7. The van der Waals surface area contributed by atoms with Gasteiger partial charge >= 0.3 is 0 Å². The molecule has 1 aromatic carbocycles. The van der Waals surface area contributed by atoms with Crippen LogP contribution in [0.15, 0.2) is 46.0 Å². The van der Waals surface area contributed by atoms with Gasteiger partial charge in [-0.1, -0.05) is 0 Å². The Kier molecular flexibility index (Phi) is 4.90. The highest BCUT2D eigenvalue weighted by Crippen LogP contribution is 2.10. The van der Waals surface area contributed by atoms with E-state index in [4.69, 9.17) is 0 Å². The first-order chi connectivity index (χ1) is 9.47. The summed E-state index contributed by atoms with van der Waals surface area (Å²) in [5.74, 6) is -0.465. The first kappa shape index (κ1) is 15.1. The summed E-state index contributed by atoms with van der Waals surface area (Å²) in [6.07, 6.45) is 4.09. The number of nitrogens with zero attached hydrogens (tertiary/aromatic N) is 2. The van der Waals surface area contributed by atoms with Crippen LogP contribution in [0.3, 0.4) is 0 Å². The van der Waals surface area contributed by atoms with Crippen molar-refractivity contribution < 1.29 is 12.8 Å². The van der Waals surface area contributed by atoms with Gasteiger partial charge in [-0.3, -0.25) is 4.68 Å². The van der Waals surface area contributed by atoms with Crippen molar-refractivity contribution in [3.63, 3.8) is 0 Å². The molecule has 8 heteroatoms. The Morgan fingerprint density at radius 3 is 2.60 bits per heavy atom. The minimum Gasteiger partial charge on any atom is -0.272 e. The molecule has 0 saturated carbocycles. The van der Waals surface area contributed by atoms with Crippen LogP contribution in [0.25, 0.3) is 0 Å². The average Bonchev–Trinajstić information content (AvgIpc) is 2.81. The van der Waals surface area contributed by atoms with E-state index in [1.54, 1.807) is 10.9 Å². The third kappa shape index (κ3) is 4.12. The Balaban J connectivity index is 1.85. The number of hydrogen-bond acceptors (Lipinski definition) is 3. The Labute approximate surface area is 125 Å². The third-order valence-corrected chi connectivity index (χ3v) is 4.47. The molecule has 1 N–H and O–H groups in total. The van der Waals surface area contributed by atoms with Crippen molar-refractivity contribution in [2.24, 2.45) is 0 Å². The molecule has 0 fully saturated rings. The molecule has 2 aromatic rings. The SMILES string of the molecule is O=S(=O)(NCCCn1cc(Br)cn1)c1ccc(F)cc1. The highest BCUT2D eigenvalue weighted by atomic mass is 79.9. The normalized spacial score (nSPS) is 11.7. The number of hydrogen-bond donors (Lipinski definition) is 1. The van der Waals surface area contributed by atoms with Gasteiger partial charge < -0.3 is 0 Å². The summed E-state index contributed by atoms with van der Waals surface area (Å²) in [5, 5.41) is 4.07. The molecule has 0 spiro atoms. The zero-order valence-electron chi connectivity index (χ0n) is 10.5. The Bertz CT molecular complexity index is 670. The predicted molar refractivity (Wildman–Crippen MR) is 76.1 cm³/mol. The van der Waals surface area contributed by atoms with E-state index in [1.807, 2.05) is 6.20 Å². The summed E-state index contributed by atoms with van der Waals surface area (Å²) in [4.78, 5) is 0.0562. The van der Waals surface area contributed by atoms with Crippen LogP contribution in [0.5, 0.6) is 0 Å². The van der Waals surface area contributed by atoms with Gasteiger partial charge in [-0.05, 0) is 46.6 Å². The van der Waals surface area contributed by atoms with E-state index in [2.05, 4.69) is 25.8 Å². The van der Waals surface area contributed by atoms with E-state index in [1.165, 1.54) is 12.1 Å². The van der Waals surface area contributed by atoms with Crippen LogP contribution < -0.4 is 4.72 Å². The smallest absolute Gasteiger partial charge is 0.240 e. The quantitative estimate of drug-likeness (QED) is 0.801. The molecule has 0 radical (unpaired) electrons. The minimum atomic E-state index is -3.58. The Hall–Kier alpha value is -1.25. The van der Waals surface area contributed by atoms with Gasteiger partial charge in [0.25, 0.3) is 0 Å². The average molecular weight is 362 g/mol. The van der Waals surface area contributed by atoms with Gasteiger partial charge in [-0.25, -0.2) is 17.5 Å². The lowest BCUT2D eigenvalue weighted by molar-refractivity contribution is 0.552. The maximum absolute atomic E-state index is 12.7. The van der Waals surface area contributed by atoms with E-state index in [-0.39, 0.29) is 11.4 Å². The molecule has 0 unspecified atom stereocenters. The lowest BCUT2D eigenvalue weighted by Crippen LogP contribution is -2.25. The molecule has 2 rings (SSSR count). The van der Waals surface area contributed by atoms with E-state index in [9.17, 15) is 12.8 Å². The Morgan fingerprint density at radius 2 is 2.00 bits per heavy atom. The lowest BCUT2D eigenvalue weighted by atomic mass is 10.4. The van der Waals surface area contributed by atoms with Crippen LogP contribution in [0.4, 0.5) is 4.39 Å². The summed E-state index contributed by atoms with van der Waals surface area (Å²) in [6.45, 7) is 0.898. The summed E-state index contributed by atoms with van der Waals surface area (Å²) in [5.41, 5.74) is 0. The molecule has 0 aliphatic heterocycles. The highest BCUT2D eigenvalue weighted by molar-refractivity contribution is 9.10. The Morgan fingerprint density at radius 1 is 1.30 bits per heavy atom. The standard InChI is InChI=1S/C12H13BrFN3O2S/c13-10-8-15-17(9-10)7-1-6-16-20(18,19)12-4-2-11(14)3-5-12/h2-5,8-9,16H,1,6-7H2. The van der Waals surface area contributed by atoms with Gasteiger partial charge in [0.2, 0.25) is 10.0 Å². The fraction of sp³-hybridized carbons (Fsp3) is 0.250. The molecule has 20 heavy (non-hydrogen) atoms. The summed E-state index contributed by atoms with van der Waals surface area (Å²) >= 11 is 3.28. The first-order valence-electron chi connectivity index (χ1n) is 5.90. The lowest BCUT2D eigenvalue weighted by Gasteiger charge is -2.06. The van der Waals surface area contributed by atoms with Crippen molar-refractivity contribution in [2.75, 3.05) is 6.54 Å². The first-order valence-corrected chi connectivity index (χ1v) is 8.18. The van der Waals surface area contributed by atoms with E-state index in [0.29, 0.717) is 13.0 Å². The molecule has 0 aliphatic rings. The molecule has 0 bridgehead atoms. The fourth-order valence-corrected chi connectivity index (χ4v) is 3.01. The summed E-state index contributed by atoms with van der Waals surface area (Å²) < 4.78 is 41.6. The topological polar surface area (TPSA) is 64.0 Å². The van der Waals surface area contributed by atoms with Crippen LogP contribution in [0.2, 0.25) is 0 Å². The second-order valence-electron chi connectivity index (χ2n) is 4.13. The third-order valence-electron chi connectivity index (χ3n) is 2.58. The maximum Gasteiger partial charge on any atom is 0.240 e. The molecule has 0 atom stereocenters. The molecule has 0 amide bonds. The molecule has 5 nitrogen and oxygen atoms in total. The molecular formula is C12H13BrFN3O2S. The number of benzene rings is 1. The van der Waals surface area contributed by atoms with Crippen LogP contribution >= 0.6 is 15.9 Å². The number of nitrogens with one attached hydrogen (secondary N) is 1. The van der Waals surface area contributed by atoms with Crippen molar-refractivity contribution >= 4 is 26.0 Å². The number of sulfonamides is 1. The van der Waals surface area contributed by atoms with Gasteiger partial charge in [0.15, 0.2) is 0 Å². The second kappa shape index (κ2) is 6.47. The summed E-state index contributed by atoms with van der Waals surface area (Å²) in [7, 11) is -3.58. The molecule has 0 saturated heterocycles. The van der Waals surface area contributed by atoms with Crippen LogP contribution in [-0.2, 0) is 16.6 Å². The van der Waals surface area contributed by atoms with Crippen molar-refractivity contribution in [1.82, 2.24) is 14.5 Å². The van der Waals surface area contributed by atoms with Gasteiger partial charge in [0, 0.05) is 19.3 Å². The van der Waals surface area contributed by atoms with Crippen LogP contribution in [0, 0.1) is 5.82 Å². The minimum absolute atomic E-state index is 0.0562. The summed E-state index contributed by atoms with van der Waals surface area (Å²) in [6, 6.07) is 4.72. The van der Waals surface area contributed by atoms with Gasteiger partial charge in [0.1, 0.15) is 5.82 Å². The monoisotopic (exact) mass is 361 g/mol. The predicted octanol–water partition coefficient (Wildman–Crippen LogP) is 2.15. The zero-order chi connectivity index (χ0) is 14.6. The van der Waals surface area contributed by atoms with Crippen LogP contribution in [0.1, 0.15) is 6.42 Å². The number of aromatic nitrogens is 2. The van der Waals surface area contributed by atoms with E-state index >= 15 is 0 Å². The van der Waals surface area contributed by atoms with Crippen molar-refractivity contribution in [3.8, 4) is 0 Å². The molecule has 0 aliphatic carbocycles. The highest BCUT2D eigenvalue weighted by Gasteiger charge is 2.12. The van der Waals surface area contributed by atoms with Gasteiger partial charge in [-0.2, -0.15) is 5.10 Å². The zero-order valence-corrected chi connectivity index (χ0v) is 12.9. The number of aryl methyl sites for hydroxylation is 1. The molecular weight excluding hydrogens is 349 g/mol.